The molecule has 0 radical (unpaired) electrons. The van der Waals surface area contributed by atoms with Crippen LogP contribution in [-0.2, 0) is 0 Å². The summed E-state index contributed by atoms with van der Waals surface area (Å²) in [6.07, 6.45) is 0. The molecule has 0 saturated heterocycles. The molecule has 0 amide bonds. The van der Waals surface area contributed by atoms with Gasteiger partial charge in [0.25, 0.3) is 5.66 Å². The Hall–Kier alpha value is -0.910. The number of rotatable bonds is 1. The van der Waals surface area contributed by atoms with E-state index < -0.39 is 5.66 Å². The fourth-order valence-corrected chi connectivity index (χ4v) is 0.459. The van der Waals surface area contributed by atoms with Gasteiger partial charge < -0.3 is 0 Å². The highest BCUT2D eigenvalue weighted by Gasteiger charge is 2.43. The molecule has 42 valence electrons. The van der Waals surface area contributed by atoms with E-state index in [2.05, 4.69) is 10.2 Å². The van der Waals surface area contributed by atoms with Crippen molar-refractivity contribution < 1.29 is 0 Å². The van der Waals surface area contributed by atoms with E-state index in [1.165, 1.54) is 0 Å². The SMILES string of the molecule is CC(C)C1(C#N)N=N1. The summed E-state index contributed by atoms with van der Waals surface area (Å²) in [4.78, 5) is 0. The summed E-state index contributed by atoms with van der Waals surface area (Å²) >= 11 is 0. The van der Waals surface area contributed by atoms with Crippen LogP contribution in [-0.4, -0.2) is 5.66 Å². The average Bonchev–Trinajstić information content (AvgIpc) is 2.44. The van der Waals surface area contributed by atoms with Crippen LogP contribution in [0.4, 0.5) is 0 Å². The zero-order chi connectivity index (χ0) is 6.20. The Morgan fingerprint density at radius 1 is 1.50 bits per heavy atom. The van der Waals surface area contributed by atoms with Crippen LogP contribution in [0.2, 0.25) is 0 Å². The Balaban J connectivity index is 2.59. The molecule has 0 N–H and O–H groups in total. The molecule has 0 aliphatic carbocycles. The van der Waals surface area contributed by atoms with Gasteiger partial charge in [-0.3, -0.25) is 0 Å². The van der Waals surface area contributed by atoms with E-state index >= 15 is 0 Å². The van der Waals surface area contributed by atoms with Crippen molar-refractivity contribution in [2.75, 3.05) is 0 Å². The molecule has 1 aliphatic heterocycles. The third-order valence-corrected chi connectivity index (χ3v) is 1.29. The molecule has 1 aliphatic rings. The van der Waals surface area contributed by atoms with Gasteiger partial charge in [-0.2, -0.15) is 5.26 Å². The Labute approximate surface area is 48.0 Å². The van der Waals surface area contributed by atoms with E-state index in [1.54, 1.807) is 0 Å². The number of hydrogen-bond donors (Lipinski definition) is 0. The van der Waals surface area contributed by atoms with E-state index in [9.17, 15) is 0 Å². The largest absolute Gasteiger partial charge is 0.277 e. The van der Waals surface area contributed by atoms with Gasteiger partial charge in [0.2, 0.25) is 0 Å². The zero-order valence-corrected chi connectivity index (χ0v) is 4.92. The number of hydrogen-bond acceptors (Lipinski definition) is 3. The van der Waals surface area contributed by atoms with Gasteiger partial charge >= 0.3 is 0 Å². The molecule has 3 heteroatoms. The van der Waals surface area contributed by atoms with Crippen LogP contribution < -0.4 is 0 Å². The molecule has 0 spiro atoms. The van der Waals surface area contributed by atoms with Crippen molar-refractivity contribution >= 4 is 0 Å². The topological polar surface area (TPSA) is 48.5 Å². The Morgan fingerprint density at radius 2 is 2.00 bits per heavy atom. The van der Waals surface area contributed by atoms with Gasteiger partial charge in [0.15, 0.2) is 0 Å². The van der Waals surface area contributed by atoms with Crippen molar-refractivity contribution in [1.29, 1.82) is 5.26 Å². The summed E-state index contributed by atoms with van der Waals surface area (Å²) in [5, 5.41) is 15.6. The van der Waals surface area contributed by atoms with Crippen molar-refractivity contribution in [3.8, 4) is 6.07 Å². The summed E-state index contributed by atoms with van der Waals surface area (Å²) in [7, 11) is 0. The quantitative estimate of drug-likeness (QED) is 0.501. The van der Waals surface area contributed by atoms with Gasteiger partial charge in [-0.1, -0.05) is 13.8 Å². The number of nitrogens with zero attached hydrogens (tertiary/aromatic N) is 3. The van der Waals surface area contributed by atoms with Crippen molar-refractivity contribution in [3.05, 3.63) is 0 Å². The van der Waals surface area contributed by atoms with Gasteiger partial charge in [0.05, 0.1) is 0 Å². The van der Waals surface area contributed by atoms with Crippen LogP contribution in [0.15, 0.2) is 10.2 Å². The standard InChI is InChI=1S/C5H7N3/c1-4(2)5(3-6)7-8-5/h4H,1-2H3. The average molecular weight is 109 g/mol. The second kappa shape index (κ2) is 1.28. The third kappa shape index (κ3) is 0.497. The highest BCUT2D eigenvalue weighted by molar-refractivity contribution is 5.13. The molecular formula is C5H7N3. The molecule has 0 unspecified atom stereocenters. The molecule has 0 aromatic rings. The number of nitriles is 1. The highest BCUT2D eigenvalue weighted by Crippen LogP contribution is 2.34. The van der Waals surface area contributed by atoms with Crippen LogP contribution in [0, 0.1) is 17.2 Å². The smallest absolute Gasteiger partial charge is 0.193 e. The first-order chi connectivity index (χ1) is 3.71. The lowest BCUT2D eigenvalue weighted by atomic mass is 10.0. The van der Waals surface area contributed by atoms with Gasteiger partial charge in [-0.25, -0.2) is 0 Å². The van der Waals surface area contributed by atoms with Crippen LogP contribution >= 0.6 is 0 Å². The molecule has 1 heterocycles. The van der Waals surface area contributed by atoms with Gasteiger partial charge in [-0.05, 0) is 0 Å². The maximum absolute atomic E-state index is 8.39. The minimum atomic E-state index is -0.653. The summed E-state index contributed by atoms with van der Waals surface area (Å²) in [5.41, 5.74) is -0.653. The summed E-state index contributed by atoms with van der Waals surface area (Å²) < 4.78 is 0. The van der Waals surface area contributed by atoms with Crippen LogP contribution in [0.25, 0.3) is 0 Å². The maximum atomic E-state index is 8.39. The molecule has 1 rings (SSSR count). The van der Waals surface area contributed by atoms with Crippen molar-refractivity contribution in [1.82, 2.24) is 0 Å². The first-order valence-corrected chi connectivity index (χ1v) is 2.56. The lowest BCUT2D eigenvalue weighted by molar-refractivity contribution is 0.526. The molecular weight excluding hydrogens is 102 g/mol. The normalized spacial score (nSPS) is 20.8. The summed E-state index contributed by atoms with van der Waals surface area (Å²) in [6, 6.07) is 2.02. The van der Waals surface area contributed by atoms with Crippen LogP contribution in [0.1, 0.15) is 13.8 Å². The fraction of sp³-hybridized carbons (Fsp3) is 0.800. The van der Waals surface area contributed by atoms with E-state index in [0.29, 0.717) is 0 Å². The Kier molecular flexibility index (Phi) is 0.839. The molecule has 0 fully saturated rings. The van der Waals surface area contributed by atoms with Gasteiger partial charge in [0, 0.05) is 5.92 Å². The molecule has 0 aromatic heterocycles. The third-order valence-electron chi connectivity index (χ3n) is 1.29. The Bertz CT molecular complexity index is 157. The second-order valence-electron chi connectivity index (χ2n) is 2.19. The van der Waals surface area contributed by atoms with Crippen molar-refractivity contribution in [2.24, 2.45) is 16.1 Å². The van der Waals surface area contributed by atoms with Gasteiger partial charge in [0.1, 0.15) is 6.07 Å². The van der Waals surface area contributed by atoms with Crippen LogP contribution in [0.5, 0.6) is 0 Å². The highest BCUT2D eigenvalue weighted by atomic mass is 15.4. The predicted molar refractivity (Wildman–Crippen MR) is 28.0 cm³/mol. The predicted octanol–water partition coefficient (Wildman–Crippen LogP) is 1.33. The molecule has 0 aromatic carbocycles. The maximum Gasteiger partial charge on any atom is 0.277 e. The zero-order valence-electron chi connectivity index (χ0n) is 4.92. The van der Waals surface area contributed by atoms with E-state index in [0.717, 1.165) is 0 Å². The second-order valence-corrected chi connectivity index (χ2v) is 2.19. The molecule has 8 heavy (non-hydrogen) atoms. The molecule has 0 bridgehead atoms. The molecule has 0 saturated carbocycles. The van der Waals surface area contributed by atoms with E-state index in [-0.39, 0.29) is 5.92 Å². The first-order valence-electron chi connectivity index (χ1n) is 2.56. The summed E-state index contributed by atoms with van der Waals surface area (Å²) in [5.74, 6) is 0.229. The van der Waals surface area contributed by atoms with E-state index in [1.807, 2.05) is 19.9 Å². The molecule has 0 atom stereocenters. The van der Waals surface area contributed by atoms with Crippen molar-refractivity contribution in [3.63, 3.8) is 0 Å². The fourth-order valence-electron chi connectivity index (χ4n) is 0.459. The minimum absolute atomic E-state index is 0.229. The minimum Gasteiger partial charge on any atom is -0.193 e. The van der Waals surface area contributed by atoms with Gasteiger partial charge in [-0.15, -0.1) is 10.2 Å². The molecule has 3 nitrogen and oxygen atoms in total. The van der Waals surface area contributed by atoms with Crippen molar-refractivity contribution in [2.45, 2.75) is 19.5 Å². The monoisotopic (exact) mass is 109 g/mol. The lowest BCUT2D eigenvalue weighted by Crippen LogP contribution is -2.15. The van der Waals surface area contributed by atoms with E-state index in [4.69, 9.17) is 5.26 Å². The summed E-state index contributed by atoms with van der Waals surface area (Å²) in [6.45, 7) is 3.87. The van der Waals surface area contributed by atoms with Crippen LogP contribution in [0.3, 0.4) is 0 Å². The Morgan fingerprint density at radius 3 is 2.00 bits per heavy atom. The first kappa shape index (κ1) is 5.23. The lowest BCUT2D eigenvalue weighted by Gasteiger charge is -2.01.